The van der Waals surface area contributed by atoms with E-state index in [2.05, 4.69) is 15.6 Å². The third-order valence-corrected chi connectivity index (χ3v) is 8.52. The summed E-state index contributed by atoms with van der Waals surface area (Å²) in [5.41, 5.74) is 9.47. The molecule has 0 saturated carbocycles. The number of aliphatic hydroxyl groups excluding tert-OH is 1. The summed E-state index contributed by atoms with van der Waals surface area (Å²) in [6, 6.07) is 5.86. The van der Waals surface area contributed by atoms with Crippen LogP contribution in [0.1, 0.15) is 57.8 Å². The van der Waals surface area contributed by atoms with Gasteiger partial charge in [0.25, 0.3) is 0 Å². The Morgan fingerprint density at radius 1 is 1.04 bits per heavy atom. The fraction of sp³-hybridized carbons (Fsp3) is 0.625. The smallest absolute Gasteiger partial charge is 0.246 e. The summed E-state index contributed by atoms with van der Waals surface area (Å²) in [4.78, 5) is 46.9. The van der Waals surface area contributed by atoms with Gasteiger partial charge in [-0.05, 0) is 30.4 Å². The molecule has 2 aromatic rings. The van der Waals surface area contributed by atoms with Crippen molar-refractivity contribution < 1.29 is 33.7 Å². The molecule has 0 aliphatic carbocycles. The van der Waals surface area contributed by atoms with Gasteiger partial charge in [0.05, 0.1) is 67.9 Å². The number of aromatic nitrogens is 1. The van der Waals surface area contributed by atoms with Crippen molar-refractivity contribution in [3.63, 3.8) is 0 Å². The Labute approximate surface area is 270 Å². The van der Waals surface area contributed by atoms with Crippen molar-refractivity contribution in [3.8, 4) is 10.4 Å². The molecule has 1 fully saturated rings. The predicted molar refractivity (Wildman–Crippen MR) is 172 cm³/mol. The van der Waals surface area contributed by atoms with Crippen LogP contribution in [-0.4, -0.2) is 104 Å². The maximum Gasteiger partial charge on any atom is 0.246 e. The highest BCUT2D eigenvalue weighted by Gasteiger charge is 2.44. The topological polar surface area (TPSA) is 165 Å². The molecule has 2 heterocycles. The van der Waals surface area contributed by atoms with Gasteiger partial charge >= 0.3 is 0 Å². The number of carbonyl (C=O) groups is 3. The summed E-state index contributed by atoms with van der Waals surface area (Å²) in [5.74, 6) is -1.10. The van der Waals surface area contributed by atoms with Crippen LogP contribution in [-0.2, 0) is 28.6 Å². The molecule has 13 heteroatoms. The van der Waals surface area contributed by atoms with Crippen molar-refractivity contribution >= 4 is 29.1 Å². The van der Waals surface area contributed by atoms with Crippen molar-refractivity contribution in [1.82, 2.24) is 20.5 Å². The molecule has 1 saturated heterocycles. The number of β-amino-alcohol motifs (C(OH)–C–C–N with tert-alkyl or cyclic N) is 1. The number of nitrogens with one attached hydrogen (secondary N) is 2. The maximum absolute atomic E-state index is 13.8. The number of rotatable bonds is 17. The molecule has 45 heavy (non-hydrogen) atoms. The lowest BCUT2D eigenvalue weighted by Gasteiger charge is -2.35. The lowest BCUT2D eigenvalue weighted by molar-refractivity contribution is -0.144. The van der Waals surface area contributed by atoms with Gasteiger partial charge < -0.3 is 40.6 Å². The number of aryl methyl sites for hydroxylation is 1. The molecule has 1 aromatic heterocycles. The van der Waals surface area contributed by atoms with Gasteiger partial charge in [0.2, 0.25) is 17.7 Å². The fourth-order valence-electron chi connectivity index (χ4n) is 5.04. The van der Waals surface area contributed by atoms with Crippen molar-refractivity contribution in [1.29, 1.82) is 0 Å². The summed E-state index contributed by atoms with van der Waals surface area (Å²) in [6.07, 6.45) is -0.667. The molecule has 0 unspecified atom stereocenters. The Kier molecular flexibility index (Phi) is 14.3. The molecule has 3 rings (SSSR count). The van der Waals surface area contributed by atoms with Crippen LogP contribution in [0.15, 0.2) is 29.8 Å². The summed E-state index contributed by atoms with van der Waals surface area (Å²) < 4.78 is 16.1. The average Bonchev–Trinajstić information content (AvgIpc) is 3.61. The molecule has 5 N–H and O–H groups in total. The average molecular weight is 648 g/mol. The third kappa shape index (κ3) is 11.1. The largest absolute Gasteiger partial charge is 0.391 e. The molecule has 250 valence electrons. The van der Waals surface area contributed by atoms with Crippen LogP contribution in [0.25, 0.3) is 10.4 Å². The van der Waals surface area contributed by atoms with Gasteiger partial charge in [-0.25, -0.2) is 4.98 Å². The Bertz CT molecular complexity index is 1230. The number of ether oxygens (including phenoxy) is 3. The zero-order chi connectivity index (χ0) is 33.0. The van der Waals surface area contributed by atoms with E-state index in [9.17, 15) is 19.5 Å². The number of aliphatic hydroxyl groups is 1. The Morgan fingerprint density at radius 3 is 2.24 bits per heavy atom. The first kappa shape index (κ1) is 36.5. The fourth-order valence-corrected chi connectivity index (χ4v) is 5.85. The highest BCUT2D eigenvalue weighted by atomic mass is 32.1. The van der Waals surface area contributed by atoms with E-state index < -0.39 is 29.5 Å². The van der Waals surface area contributed by atoms with Gasteiger partial charge in [-0.1, -0.05) is 45.0 Å². The predicted octanol–water partition coefficient (Wildman–Crippen LogP) is 2.19. The summed E-state index contributed by atoms with van der Waals surface area (Å²) in [6.45, 7) is 12.1. The van der Waals surface area contributed by atoms with Gasteiger partial charge in [0.1, 0.15) is 12.1 Å². The number of nitrogens with two attached hydrogens (primary N) is 1. The second kappa shape index (κ2) is 17.7. The molecule has 1 aliphatic rings. The van der Waals surface area contributed by atoms with Crippen LogP contribution in [0.3, 0.4) is 0 Å². The normalized spacial score (nSPS) is 18.1. The highest BCUT2D eigenvalue weighted by molar-refractivity contribution is 7.13. The number of likely N-dealkylation sites (tertiary alicyclic amines) is 1. The molecule has 3 amide bonds. The number of thiazole rings is 1. The molecule has 0 radical (unpaired) electrons. The van der Waals surface area contributed by atoms with Crippen molar-refractivity contribution in [2.75, 3.05) is 52.7 Å². The standard InChI is InChI=1S/C32H49N5O7S/c1-21(23-6-8-24(9-7-23)28-22(2)34-20-45-28)35-30(40)26-18-25(38)19-37(26)31(41)29(32(3,4)5)36-27(39)10-12-42-14-16-44-17-15-43-13-11-33/h6-9,20-21,25-26,29,38H,10-19,33H2,1-5H3,(H,35,40)(H,36,39)/t21-,25+,26-,29+/m0/s1. The Hall–Kier alpha value is -2.94. The van der Waals surface area contributed by atoms with Crippen molar-refractivity contribution in [3.05, 3.63) is 41.0 Å². The van der Waals surface area contributed by atoms with E-state index >= 15 is 0 Å². The summed E-state index contributed by atoms with van der Waals surface area (Å²) in [7, 11) is 0. The number of carbonyl (C=O) groups excluding carboxylic acids is 3. The minimum absolute atomic E-state index is 0.0109. The monoisotopic (exact) mass is 647 g/mol. The number of nitrogens with zero attached hydrogens (tertiary/aromatic N) is 2. The molecular formula is C32H49N5O7S. The lowest BCUT2D eigenvalue weighted by Crippen LogP contribution is -2.58. The minimum Gasteiger partial charge on any atom is -0.391 e. The quantitative estimate of drug-likeness (QED) is 0.188. The van der Waals surface area contributed by atoms with Gasteiger partial charge in [0, 0.05) is 25.9 Å². The van der Waals surface area contributed by atoms with E-state index in [1.807, 2.05) is 64.4 Å². The van der Waals surface area contributed by atoms with E-state index in [0.29, 0.717) is 39.6 Å². The maximum atomic E-state index is 13.8. The Morgan fingerprint density at radius 2 is 1.67 bits per heavy atom. The van der Waals surface area contributed by atoms with Crippen molar-refractivity contribution in [2.24, 2.45) is 11.1 Å². The van der Waals surface area contributed by atoms with Gasteiger partial charge in [-0.15, -0.1) is 11.3 Å². The van der Waals surface area contributed by atoms with E-state index in [1.165, 1.54) is 4.90 Å². The van der Waals surface area contributed by atoms with Crippen LogP contribution in [0.4, 0.5) is 0 Å². The van der Waals surface area contributed by atoms with E-state index in [4.69, 9.17) is 19.9 Å². The zero-order valence-electron chi connectivity index (χ0n) is 27.0. The van der Waals surface area contributed by atoms with E-state index in [1.54, 1.807) is 11.3 Å². The van der Waals surface area contributed by atoms with Gasteiger partial charge in [-0.2, -0.15) is 0 Å². The highest BCUT2D eigenvalue weighted by Crippen LogP contribution is 2.29. The molecule has 4 atom stereocenters. The lowest BCUT2D eigenvalue weighted by atomic mass is 9.85. The Balaban J connectivity index is 1.53. The number of amides is 3. The summed E-state index contributed by atoms with van der Waals surface area (Å²) in [5, 5.41) is 16.3. The SMILES string of the molecule is Cc1ncsc1-c1ccc([C@H](C)NC(=O)[C@@H]2C[C@@H](O)CN2C(=O)[C@@H](NC(=O)CCOCCOCCOCCN)C(C)(C)C)cc1. The third-order valence-electron chi connectivity index (χ3n) is 7.54. The van der Waals surface area contributed by atoms with Crippen LogP contribution in [0.2, 0.25) is 0 Å². The first-order valence-electron chi connectivity index (χ1n) is 15.4. The number of benzene rings is 1. The molecule has 12 nitrogen and oxygen atoms in total. The zero-order valence-corrected chi connectivity index (χ0v) is 27.9. The molecule has 1 aliphatic heterocycles. The first-order valence-corrected chi connectivity index (χ1v) is 16.3. The van der Waals surface area contributed by atoms with Crippen LogP contribution in [0, 0.1) is 12.3 Å². The van der Waals surface area contributed by atoms with Crippen LogP contribution in [0.5, 0.6) is 0 Å². The summed E-state index contributed by atoms with van der Waals surface area (Å²) >= 11 is 1.58. The van der Waals surface area contributed by atoms with Crippen LogP contribution >= 0.6 is 11.3 Å². The second-order valence-electron chi connectivity index (χ2n) is 12.3. The number of hydrogen-bond acceptors (Lipinski definition) is 10. The van der Waals surface area contributed by atoms with Crippen molar-refractivity contribution in [2.45, 2.75) is 71.7 Å². The number of hydrogen-bond donors (Lipinski definition) is 4. The second-order valence-corrected chi connectivity index (χ2v) is 13.1. The van der Waals surface area contributed by atoms with E-state index in [-0.39, 0.29) is 43.8 Å². The molecular weight excluding hydrogens is 598 g/mol. The molecule has 0 spiro atoms. The van der Waals surface area contributed by atoms with E-state index in [0.717, 1.165) is 21.7 Å². The first-order chi connectivity index (χ1) is 21.4. The minimum atomic E-state index is -0.900. The van der Waals surface area contributed by atoms with Gasteiger partial charge in [-0.3, -0.25) is 14.4 Å². The van der Waals surface area contributed by atoms with Crippen LogP contribution < -0.4 is 16.4 Å². The van der Waals surface area contributed by atoms with Gasteiger partial charge in [0.15, 0.2) is 0 Å². The molecule has 1 aromatic carbocycles. The molecule has 0 bridgehead atoms.